The molecule has 2 heterocycles. The number of likely N-dealkylation sites (N-methyl/N-ethyl adjacent to an activating group) is 1. The molecule has 0 radical (unpaired) electrons. The number of nitrogen functional groups attached to an aromatic ring is 1. The second-order valence-corrected chi connectivity index (χ2v) is 7.34. The van der Waals surface area contributed by atoms with E-state index in [0.29, 0.717) is 6.04 Å². The highest BCUT2D eigenvalue weighted by Crippen LogP contribution is 2.44. The van der Waals surface area contributed by atoms with Crippen LogP contribution in [-0.2, 0) is 6.42 Å². The number of ether oxygens (including phenoxy) is 1. The van der Waals surface area contributed by atoms with Crippen LogP contribution in [0.3, 0.4) is 0 Å². The molecule has 2 aliphatic rings. The summed E-state index contributed by atoms with van der Waals surface area (Å²) in [5.74, 6) is 0.904. The SMILES string of the molecule is CNCCNC1CCN(c2ccc(N)c3c2CC(C)(C)O3)CC1. The van der Waals surface area contributed by atoms with Crippen molar-refractivity contribution in [1.29, 1.82) is 0 Å². The van der Waals surface area contributed by atoms with Crippen LogP contribution >= 0.6 is 0 Å². The summed E-state index contributed by atoms with van der Waals surface area (Å²) in [6, 6.07) is 4.80. The van der Waals surface area contributed by atoms with Gasteiger partial charge < -0.3 is 26.0 Å². The number of rotatable bonds is 5. The van der Waals surface area contributed by atoms with Gasteiger partial charge in [0, 0.05) is 49.9 Å². The highest BCUT2D eigenvalue weighted by atomic mass is 16.5. The average molecular weight is 318 g/mol. The van der Waals surface area contributed by atoms with E-state index in [1.54, 1.807) is 0 Å². The topological polar surface area (TPSA) is 62.5 Å². The van der Waals surface area contributed by atoms with Crippen LogP contribution in [0.25, 0.3) is 0 Å². The zero-order valence-electron chi connectivity index (χ0n) is 14.6. The molecule has 0 atom stereocenters. The normalized spacial score (nSPS) is 20.4. The van der Waals surface area contributed by atoms with Crippen molar-refractivity contribution < 1.29 is 4.74 Å². The third-order valence-electron chi connectivity index (χ3n) is 4.89. The summed E-state index contributed by atoms with van der Waals surface area (Å²) in [7, 11) is 2.00. The van der Waals surface area contributed by atoms with Gasteiger partial charge in [0.05, 0.1) is 5.69 Å². The Hall–Kier alpha value is -1.46. The van der Waals surface area contributed by atoms with Crippen molar-refractivity contribution >= 4 is 11.4 Å². The van der Waals surface area contributed by atoms with Gasteiger partial charge in [0.15, 0.2) is 0 Å². The maximum Gasteiger partial charge on any atom is 0.148 e. The van der Waals surface area contributed by atoms with Crippen LogP contribution in [0.4, 0.5) is 11.4 Å². The minimum atomic E-state index is -0.153. The Kier molecular flexibility index (Phi) is 4.69. The van der Waals surface area contributed by atoms with Gasteiger partial charge in [0.2, 0.25) is 0 Å². The quantitative estimate of drug-likeness (QED) is 0.570. The minimum absolute atomic E-state index is 0.153. The van der Waals surface area contributed by atoms with E-state index in [-0.39, 0.29) is 5.60 Å². The predicted octanol–water partition coefficient (Wildman–Crippen LogP) is 1.76. The molecular weight excluding hydrogens is 288 g/mol. The van der Waals surface area contributed by atoms with Gasteiger partial charge >= 0.3 is 0 Å². The first-order valence-corrected chi connectivity index (χ1v) is 8.73. The Morgan fingerprint density at radius 1 is 1.26 bits per heavy atom. The van der Waals surface area contributed by atoms with Gasteiger partial charge in [0.25, 0.3) is 0 Å². The molecule has 1 aromatic rings. The lowest BCUT2D eigenvalue weighted by Gasteiger charge is -2.35. The summed E-state index contributed by atoms with van der Waals surface area (Å²) < 4.78 is 6.07. The van der Waals surface area contributed by atoms with Crippen molar-refractivity contribution in [1.82, 2.24) is 10.6 Å². The first-order chi connectivity index (χ1) is 11.0. The van der Waals surface area contributed by atoms with E-state index in [0.717, 1.165) is 44.0 Å². The van der Waals surface area contributed by atoms with E-state index in [2.05, 4.69) is 35.4 Å². The van der Waals surface area contributed by atoms with Crippen LogP contribution in [0.15, 0.2) is 12.1 Å². The molecule has 1 saturated heterocycles. The number of benzene rings is 1. The summed E-state index contributed by atoms with van der Waals surface area (Å²) in [5.41, 5.74) is 9.33. The fourth-order valence-electron chi connectivity index (χ4n) is 3.69. The van der Waals surface area contributed by atoms with E-state index in [9.17, 15) is 0 Å². The highest BCUT2D eigenvalue weighted by molar-refractivity contribution is 5.71. The van der Waals surface area contributed by atoms with E-state index in [4.69, 9.17) is 10.5 Å². The number of nitrogens with one attached hydrogen (secondary N) is 2. The van der Waals surface area contributed by atoms with E-state index < -0.39 is 0 Å². The molecule has 0 amide bonds. The van der Waals surface area contributed by atoms with E-state index in [1.165, 1.54) is 24.1 Å². The molecule has 2 aliphatic heterocycles. The Morgan fingerprint density at radius 3 is 2.70 bits per heavy atom. The molecular formula is C18H30N4O. The number of anilines is 2. The van der Waals surface area contributed by atoms with Crippen molar-refractivity contribution in [3.05, 3.63) is 17.7 Å². The Labute approximate surface area is 139 Å². The molecule has 4 N–H and O–H groups in total. The summed E-state index contributed by atoms with van der Waals surface area (Å²) in [5, 5.41) is 6.82. The number of hydrogen-bond donors (Lipinski definition) is 3. The average Bonchev–Trinajstić information content (AvgIpc) is 2.85. The predicted molar refractivity (Wildman–Crippen MR) is 96.4 cm³/mol. The lowest BCUT2D eigenvalue weighted by molar-refractivity contribution is 0.139. The first kappa shape index (κ1) is 16.4. The molecule has 1 aromatic carbocycles. The van der Waals surface area contributed by atoms with Gasteiger partial charge in [-0.15, -0.1) is 0 Å². The lowest BCUT2D eigenvalue weighted by Crippen LogP contribution is -2.44. The number of fused-ring (bicyclic) bond motifs is 1. The van der Waals surface area contributed by atoms with Crippen LogP contribution in [0, 0.1) is 0 Å². The van der Waals surface area contributed by atoms with Gasteiger partial charge in [-0.2, -0.15) is 0 Å². The fraction of sp³-hybridized carbons (Fsp3) is 0.667. The smallest absolute Gasteiger partial charge is 0.148 e. The van der Waals surface area contributed by atoms with Gasteiger partial charge in [-0.3, -0.25) is 0 Å². The first-order valence-electron chi connectivity index (χ1n) is 8.73. The van der Waals surface area contributed by atoms with Crippen LogP contribution < -0.4 is 26.0 Å². The molecule has 1 fully saturated rings. The molecule has 0 aliphatic carbocycles. The van der Waals surface area contributed by atoms with Gasteiger partial charge in [-0.05, 0) is 45.9 Å². The van der Waals surface area contributed by atoms with Crippen LogP contribution in [-0.4, -0.2) is 44.9 Å². The molecule has 128 valence electrons. The monoisotopic (exact) mass is 318 g/mol. The lowest BCUT2D eigenvalue weighted by atomic mass is 9.97. The molecule has 0 aromatic heterocycles. The third-order valence-corrected chi connectivity index (χ3v) is 4.89. The number of nitrogens with two attached hydrogens (primary N) is 1. The van der Waals surface area contributed by atoms with Gasteiger partial charge in [0.1, 0.15) is 11.4 Å². The van der Waals surface area contributed by atoms with E-state index >= 15 is 0 Å². The van der Waals surface area contributed by atoms with Crippen molar-refractivity contribution in [3.63, 3.8) is 0 Å². The minimum Gasteiger partial charge on any atom is -0.485 e. The second kappa shape index (κ2) is 6.57. The molecule has 3 rings (SSSR count). The Balaban J connectivity index is 1.67. The number of nitrogens with zero attached hydrogens (tertiary/aromatic N) is 1. The summed E-state index contributed by atoms with van der Waals surface area (Å²) in [6.07, 6.45) is 3.31. The zero-order chi connectivity index (χ0) is 16.4. The van der Waals surface area contributed by atoms with Crippen molar-refractivity contribution in [2.75, 3.05) is 43.9 Å². The summed E-state index contributed by atoms with van der Waals surface area (Å²) in [4.78, 5) is 2.50. The molecule has 0 bridgehead atoms. The number of piperidine rings is 1. The van der Waals surface area contributed by atoms with Crippen molar-refractivity contribution in [2.24, 2.45) is 0 Å². The Morgan fingerprint density at radius 2 is 2.00 bits per heavy atom. The molecule has 0 saturated carbocycles. The zero-order valence-corrected chi connectivity index (χ0v) is 14.6. The van der Waals surface area contributed by atoms with E-state index in [1.807, 2.05) is 13.1 Å². The highest BCUT2D eigenvalue weighted by Gasteiger charge is 2.35. The maximum absolute atomic E-state index is 6.12. The molecule has 23 heavy (non-hydrogen) atoms. The van der Waals surface area contributed by atoms with Crippen molar-refractivity contribution in [3.8, 4) is 5.75 Å². The maximum atomic E-state index is 6.12. The van der Waals surface area contributed by atoms with Crippen molar-refractivity contribution in [2.45, 2.75) is 44.8 Å². The van der Waals surface area contributed by atoms with Crippen LogP contribution in [0.5, 0.6) is 5.75 Å². The summed E-state index contributed by atoms with van der Waals surface area (Å²) in [6.45, 7) is 8.52. The molecule has 5 heteroatoms. The third kappa shape index (κ3) is 3.56. The molecule has 0 spiro atoms. The van der Waals surface area contributed by atoms with Gasteiger partial charge in [-0.1, -0.05) is 0 Å². The summed E-state index contributed by atoms with van der Waals surface area (Å²) >= 11 is 0. The van der Waals surface area contributed by atoms with Crippen LogP contribution in [0.2, 0.25) is 0 Å². The molecule has 0 unspecified atom stereocenters. The molecule has 5 nitrogen and oxygen atoms in total. The Bertz CT molecular complexity index is 550. The van der Waals surface area contributed by atoms with Crippen LogP contribution in [0.1, 0.15) is 32.3 Å². The van der Waals surface area contributed by atoms with Gasteiger partial charge in [-0.25, -0.2) is 0 Å². The number of hydrogen-bond acceptors (Lipinski definition) is 5. The standard InChI is InChI=1S/C18H30N4O/c1-18(2)12-14-16(5-4-15(19)17(14)23-18)22-10-6-13(7-11-22)21-9-8-20-3/h4-5,13,20-21H,6-12,19H2,1-3H3. The second-order valence-electron chi connectivity index (χ2n) is 7.34. The fourth-order valence-corrected chi connectivity index (χ4v) is 3.69. The largest absolute Gasteiger partial charge is 0.485 e.